The highest BCUT2D eigenvalue weighted by Crippen LogP contribution is 2.27. The predicted octanol–water partition coefficient (Wildman–Crippen LogP) is 4.91. The lowest BCUT2D eigenvalue weighted by Crippen LogP contribution is -1.95. The van der Waals surface area contributed by atoms with Crippen molar-refractivity contribution in [1.29, 1.82) is 0 Å². The van der Waals surface area contributed by atoms with Gasteiger partial charge in [-0.3, -0.25) is 0 Å². The SMILES string of the molecule is C=CCCCCCC(O)c1cc2cc(C)ccc2o1. The Labute approximate surface area is 114 Å². The monoisotopic (exact) mass is 258 g/mol. The molecule has 1 aromatic heterocycles. The zero-order valence-corrected chi connectivity index (χ0v) is 11.6. The van der Waals surface area contributed by atoms with E-state index in [4.69, 9.17) is 4.42 Å². The average molecular weight is 258 g/mol. The molecule has 1 unspecified atom stereocenters. The van der Waals surface area contributed by atoms with Gasteiger partial charge in [0.1, 0.15) is 17.4 Å². The van der Waals surface area contributed by atoms with Crippen LogP contribution in [0.5, 0.6) is 0 Å². The second-order valence-electron chi connectivity index (χ2n) is 5.13. The van der Waals surface area contributed by atoms with E-state index in [1.807, 2.05) is 24.3 Å². The average Bonchev–Trinajstić information content (AvgIpc) is 2.81. The number of hydrogen-bond donors (Lipinski definition) is 1. The van der Waals surface area contributed by atoms with Crippen molar-refractivity contribution >= 4 is 11.0 Å². The normalized spacial score (nSPS) is 12.7. The molecule has 0 aliphatic carbocycles. The molecule has 1 atom stereocenters. The number of unbranched alkanes of at least 4 members (excludes halogenated alkanes) is 3. The Kier molecular flexibility index (Phi) is 4.80. The number of hydrogen-bond acceptors (Lipinski definition) is 2. The van der Waals surface area contributed by atoms with Crippen LogP contribution in [0.2, 0.25) is 0 Å². The van der Waals surface area contributed by atoms with Gasteiger partial charge >= 0.3 is 0 Å². The molecule has 2 heteroatoms. The van der Waals surface area contributed by atoms with Crippen molar-refractivity contribution in [2.45, 2.75) is 45.1 Å². The molecule has 0 amide bonds. The van der Waals surface area contributed by atoms with E-state index in [1.165, 1.54) is 5.56 Å². The molecule has 1 N–H and O–H groups in total. The summed E-state index contributed by atoms with van der Waals surface area (Å²) in [4.78, 5) is 0. The van der Waals surface area contributed by atoms with Crippen molar-refractivity contribution in [1.82, 2.24) is 0 Å². The van der Waals surface area contributed by atoms with Crippen LogP contribution in [0.3, 0.4) is 0 Å². The molecule has 2 nitrogen and oxygen atoms in total. The van der Waals surface area contributed by atoms with Gasteiger partial charge in [-0.25, -0.2) is 0 Å². The first-order valence-electron chi connectivity index (χ1n) is 7.00. The third kappa shape index (κ3) is 3.71. The molecule has 2 rings (SSSR count). The maximum atomic E-state index is 10.1. The van der Waals surface area contributed by atoms with Crippen molar-refractivity contribution in [2.75, 3.05) is 0 Å². The van der Waals surface area contributed by atoms with Crippen LogP contribution in [0.4, 0.5) is 0 Å². The fourth-order valence-corrected chi connectivity index (χ4v) is 2.29. The Balaban J connectivity index is 1.93. The number of benzene rings is 1. The highest BCUT2D eigenvalue weighted by Gasteiger charge is 2.12. The summed E-state index contributed by atoms with van der Waals surface area (Å²) in [7, 11) is 0. The molecule has 0 bridgehead atoms. The summed E-state index contributed by atoms with van der Waals surface area (Å²) in [6.45, 7) is 5.77. The highest BCUT2D eigenvalue weighted by atomic mass is 16.4. The van der Waals surface area contributed by atoms with E-state index in [0.29, 0.717) is 5.76 Å². The standard InChI is InChI=1S/C17H22O2/c1-3-4-5-6-7-8-15(18)17-12-14-11-13(2)9-10-16(14)19-17/h3,9-12,15,18H,1,4-8H2,2H3. The van der Waals surface area contributed by atoms with Crippen molar-refractivity contribution in [2.24, 2.45) is 0 Å². The van der Waals surface area contributed by atoms with Gasteiger partial charge < -0.3 is 9.52 Å². The summed E-state index contributed by atoms with van der Waals surface area (Å²) >= 11 is 0. The molecule has 0 radical (unpaired) electrons. The van der Waals surface area contributed by atoms with Crippen LogP contribution in [0.1, 0.15) is 49.5 Å². The van der Waals surface area contributed by atoms with Gasteiger partial charge in [0, 0.05) is 5.39 Å². The number of aryl methyl sites for hydroxylation is 1. The fraction of sp³-hybridized carbons (Fsp3) is 0.412. The Morgan fingerprint density at radius 2 is 2.11 bits per heavy atom. The molecule has 0 saturated heterocycles. The zero-order valence-electron chi connectivity index (χ0n) is 11.6. The number of fused-ring (bicyclic) bond motifs is 1. The molecule has 2 aromatic rings. The fourth-order valence-electron chi connectivity index (χ4n) is 2.29. The first-order valence-corrected chi connectivity index (χ1v) is 7.00. The maximum absolute atomic E-state index is 10.1. The predicted molar refractivity (Wildman–Crippen MR) is 79.2 cm³/mol. The summed E-state index contributed by atoms with van der Waals surface area (Å²) in [6, 6.07) is 8.03. The number of rotatable bonds is 7. The van der Waals surface area contributed by atoms with Gasteiger partial charge in [0.2, 0.25) is 0 Å². The minimum Gasteiger partial charge on any atom is -0.458 e. The highest BCUT2D eigenvalue weighted by molar-refractivity contribution is 5.78. The van der Waals surface area contributed by atoms with Crippen LogP contribution in [0.25, 0.3) is 11.0 Å². The minimum absolute atomic E-state index is 0.489. The van der Waals surface area contributed by atoms with Gasteiger partial charge in [0.05, 0.1) is 0 Å². The molecule has 19 heavy (non-hydrogen) atoms. The number of aliphatic hydroxyl groups excluding tert-OH is 1. The van der Waals surface area contributed by atoms with Crippen molar-refractivity contribution in [3.8, 4) is 0 Å². The summed E-state index contributed by atoms with van der Waals surface area (Å²) in [5.74, 6) is 0.685. The largest absolute Gasteiger partial charge is 0.458 e. The van der Waals surface area contributed by atoms with Gasteiger partial charge in [-0.15, -0.1) is 6.58 Å². The van der Waals surface area contributed by atoms with Crippen LogP contribution >= 0.6 is 0 Å². The smallest absolute Gasteiger partial charge is 0.134 e. The number of aliphatic hydroxyl groups is 1. The van der Waals surface area contributed by atoms with E-state index < -0.39 is 6.10 Å². The Hall–Kier alpha value is -1.54. The van der Waals surface area contributed by atoms with Crippen LogP contribution in [0, 0.1) is 6.92 Å². The quantitative estimate of drug-likeness (QED) is 0.565. The Morgan fingerprint density at radius 3 is 2.89 bits per heavy atom. The lowest BCUT2D eigenvalue weighted by Gasteiger charge is -2.06. The lowest BCUT2D eigenvalue weighted by atomic mass is 10.1. The van der Waals surface area contributed by atoms with Gasteiger partial charge in [0.25, 0.3) is 0 Å². The first kappa shape index (κ1) is 13.9. The molecule has 0 fully saturated rings. The topological polar surface area (TPSA) is 33.4 Å². The molecular formula is C17H22O2. The molecule has 1 heterocycles. The van der Waals surface area contributed by atoms with Gasteiger partial charge in [-0.05, 0) is 44.4 Å². The molecule has 0 spiro atoms. The van der Waals surface area contributed by atoms with E-state index in [-0.39, 0.29) is 0 Å². The summed E-state index contributed by atoms with van der Waals surface area (Å²) < 4.78 is 5.70. The minimum atomic E-state index is -0.489. The van der Waals surface area contributed by atoms with E-state index >= 15 is 0 Å². The van der Waals surface area contributed by atoms with Gasteiger partial charge in [0.15, 0.2) is 0 Å². The number of allylic oxidation sites excluding steroid dienone is 1. The Bertz CT molecular complexity index is 539. The molecule has 0 aliphatic rings. The van der Waals surface area contributed by atoms with Crippen LogP contribution in [-0.4, -0.2) is 5.11 Å². The molecule has 0 aliphatic heterocycles. The molecular weight excluding hydrogens is 236 g/mol. The lowest BCUT2D eigenvalue weighted by molar-refractivity contribution is 0.139. The van der Waals surface area contributed by atoms with E-state index in [1.54, 1.807) is 0 Å². The zero-order chi connectivity index (χ0) is 13.7. The van der Waals surface area contributed by atoms with Crippen molar-refractivity contribution in [3.05, 3.63) is 48.2 Å². The third-order valence-electron chi connectivity index (χ3n) is 3.41. The van der Waals surface area contributed by atoms with Gasteiger partial charge in [-0.2, -0.15) is 0 Å². The Morgan fingerprint density at radius 1 is 1.26 bits per heavy atom. The molecule has 1 aromatic carbocycles. The second kappa shape index (κ2) is 6.58. The molecule has 0 saturated carbocycles. The van der Waals surface area contributed by atoms with E-state index in [2.05, 4.69) is 19.6 Å². The molecule has 102 valence electrons. The summed E-state index contributed by atoms with van der Waals surface area (Å²) in [5, 5.41) is 11.2. The van der Waals surface area contributed by atoms with Crippen LogP contribution < -0.4 is 0 Å². The third-order valence-corrected chi connectivity index (χ3v) is 3.41. The van der Waals surface area contributed by atoms with Crippen LogP contribution in [-0.2, 0) is 0 Å². The summed E-state index contributed by atoms with van der Waals surface area (Å²) in [6.07, 6.45) is 6.56. The van der Waals surface area contributed by atoms with Crippen molar-refractivity contribution in [3.63, 3.8) is 0 Å². The maximum Gasteiger partial charge on any atom is 0.134 e. The number of furan rings is 1. The second-order valence-corrected chi connectivity index (χ2v) is 5.13. The van der Waals surface area contributed by atoms with E-state index in [9.17, 15) is 5.11 Å². The van der Waals surface area contributed by atoms with Gasteiger partial charge in [-0.1, -0.05) is 30.5 Å². The summed E-state index contributed by atoms with van der Waals surface area (Å²) in [5.41, 5.74) is 2.06. The van der Waals surface area contributed by atoms with Crippen LogP contribution in [0.15, 0.2) is 41.3 Å². The van der Waals surface area contributed by atoms with E-state index in [0.717, 1.165) is 43.1 Å². The first-order chi connectivity index (χ1) is 9.20. The van der Waals surface area contributed by atoms with Crippen molar-refractivity contribution < 1.29 is 9.52 Å².